The predicted octanol–water partition coefficient (Wildman–Crippen LogP) is 1.65. The van der Waals surface area contributed by atoms with Crippen molar-refractivity contribution in [2.75, 3.05) is 0 Å². The molecule has 0 spiro atoms. The fraction of sp³-hybridized carbons (Fsp3) is 0.538. The van der Waals surface area contributed by atoms with Crippen molar-refractivity contribution in [2.24, 2.45) is 11.8 Å². The Bertz CT molecular complexity index is 397. The molecule has 4 nitrogen and oxygen atoms in total. The third-order valence-electron chi connectivity index (χ3n) is 3.68. The molecule has 0 aliphatic heterocycles. The lowest BCUT2D eigenvalue weighted by Crippen LogP contribution is -2.37. The molecule has 1 amide bonds. The maximum absolute atomic E-state index is 11.4. The Balaban J connectivity index is 2.00. The number of nitrogens with zero attached hydrogens (tertiary/aromatic N) is 1. The van der Waals surface area contributed by atoms with Crippen LogP contribution in [0.25, 0.3) is 0 Å². The van der Waals surface area contributed by atoms with E-state index >= 15 is 0 Å². The van der Waals surface area contributed by atoms with E-state index in [4.69, 9.17) is 5.84 Å². The Morgan fingerprint density at radius 3 is 2.71 bits per heavy atom. The smallest absolute Gasteiger partial charge is 0.236 e. The fourth-order valence-electron chi connectivity index (χ4n) is 2.67. The first-order chi connectivity index (χ1) is 8.22. The van der Waals surface area contributed by atoms with Crippen molar-refractivity contribution in [3.8, 4) is 0 Å². The molecule has 1 aliphatic rings. The summed E-state index contributed by atoms with van der Waals surface area (Å²) in [5.74, 6) is 5.72. The van der Waals surface area contributed by atoms with Crippen LogP contribution in [0.2, 0.25) is 0 Å². The van der Waals surface area contributed by atoms with Crippen molar-refractivity contribution in [2.45, 2.75) is 38.5 Å². The topological polar surface area (TPSA) is 68.0 Å². The SMILES string of the molecule is Cc1cccnc1[C@H]1CC[C@H](C(=O)NN)CC1. The van der Waals surface area contributed by atoms with E-state index in [1.54, 1.807) is 0 Å². The molecule has 1 heterocycles. The molecule has 0 saturated heterocycles. The quantitative estimate of drug-likeness (QED) is 0.463. The van der Waals surface area contributed by atoms with E-state index in [2.05, 4.69) is 23.4 Å². The zero-order chi connectivity index (χ0) is 12.3. The number of pyridine rings is 1. The highest BCUT2D eigenvalue weighted by molar-refractivity contribution is 5.78. The summed E-state index contributed by atoms with van der Waals surface area (Å²) in [6, 6.07) is 4.06. The molecule has 17 heavy (non-hydrogen) atoms. The molecule has 2 rings (SSSR count). The lowest BCUT2D eigenvalue weighted by atomic mass is 9.79. The van der Waals surface area contributed by atoms with Gasteiger partial charge in [-0.3, -0.25) is 15.2 Å². The van der Waals surface area contributed by atoms with Gasteiger partial charge in [0.1, 0.15) is 0 Å². The predicted molar refractivity (Wildman–Crippen MR) is 66.0 cm³/mol. The Hall–Kier alpha value is -1.42. The van der Waals surface area contributed by atoms with E-state index < -0.39 is 0 Å². The summed E-state index contributed by atoms with van der Waals surface area (Å²) in [7, 11) is 0. The van der Waals surface area contributed by atoms with Crippen LogP contribution in [0, 0.1) is 12.8 Å². The summed E-state index contributed by atoms with van der Waals surface area (Å²) >= 11 is 0. The number of hydrogen-bond donors (Lipinski definition) is 2. The zero-order valence-corrected chi connectivity index (χ0v) is 10.1. The van der Waals surface area contributed by atoms with E-state index in [-0.39, 0.29) is 11.8 Å². The molecular weight excluding hydrogens is 214 g/mol. The first-order valence-electron chi connectivity index (χ1n) is 6.14. The molecule has 3 N–H and O–H groups in total. The highest BCUT2D eigenvalue weighted by Crippen LogP contribution is 2.35. The molecule has 4 heteroatoms. The number of rotatable bonds is 2. The molecule has 92 valence electrons. The molecule has 1 aliphatic carbocycles. The number of nitrogens with two attached hydrogens (primary N) is 1. The van der Waals surface area contributed by atoms with Gasteiger partial charge in [-0.15, -0.1) is 0 Å². The Kier molecular flexibility index (Phi) is 3.74. The normalized spacial score (nSPS) is 24.4. The lowest BCUT2D eigenvalue weighted by Gasteiger charge is -2.27. The first-order valence-corrected chi connectivity index (χ1v) is 6.14. The van der Waals surface area contributed by atoms with E-state index in [0.29, 0.717) is 5.92 Å². The Morgan fingerprint density at radius 1 is 1.41 bits per heavy atom. The number of aryl methyl sites for hydroxylation is 1. The maximum Gasteiger partial charge on any atom is 0.236 e. The number of amides is 1. The van der Waals surface area contributed by atoms with Crippen molar-refractivity contribution in [3.05, 3.63) is 29.6 Å². The summed E-state index contributed by atoms with van der Waals surface area (Å²) < 4.78 is 0. The highest BCUT2D eigenvalue weighted by atomic mass is 16.2. The van der Waals surface area contributed by atoms with Crippen LogP contribution < -0.4 is 11.3 Å². The molecule has 0 atom stereocenters. The summed E-state index contributed by atoms with van der Waals surface area (Å²) in [4.78, 5) is 15.9. The molecule has 0 radical (unpaired) electrons. The third-order valence-corrected chi connectivity index (χ3v) is 3.68. The van der Waals surface area contributed by atoms with Gasteiger partial charge in [-0.25, -0.2) is 5.84 Å². The van der Waals surface area contributed by atoms with E-state index in [9.17, 15) is 4.79 Å². The van der Waals surface area contributed by atoms with E-state index in [1.165, 1.54) is 11.3 Å². The maximum atomic E-state index is 11.4. The number of carbonyl (C=O) groups is 1. The van der Waals surface area contributed by atoms with Crippen LogP contribution in [0.3, 0.4) is 0 Å². The van der Waals surface area contributed by atoms with Crippen molar-refractivity contribution in [1.29, 1.82) is 0 Å². The van der Waals surface area contributed by atoms with Gasteiger partial charge in [0.25, 0.3) is 0 Å². The lowest BCUT2D eigenvalue weighted by molar-refractivity contribution is -0.126. The second-order valence-corrected chi connectivity index (χ2v) is 4.76. The second-order valence-electron chi connectivity index (χ2n) is 4.76. The summed E-state index contributed by atoms with van der Waals surface area (Å²) in [6.07, 6.45) is 5.71. The zero-order valence-electron chi connectivity index (χ0n) is 10.1. The molecule has 1 fully saturated rings. The van der Waals surface area contributed by atoms with Crippen LogP contribution >= 0.6 is 0 Å². The largest absolute Gasteiger partial charge is 0.294 e. The Morgan fingerprint density at radius 2 is 2.12 bits per heavy atom. The van der Waals surface area contributed by atoms with Gasteiger partial charge >= 0.3 is 0 Å². The Labute approximate surface area is 102 Å². The van der Waals surface area contributed by atoms with E-state index in [1.807, 2.05) is 12.3 Å². The minimum absolute atomic E-state index is 0.0267. The summed E-state index contributed by atoms with van der Waals surface area (Å²) in [5.41, 5.74) is 4.69. The van der Waals surface area contributed by atoms with Crippen LogP contribution in [0.15, 0.2) is 18.3 Å². The number of hydrogen-bond acceptors (Lipinski definition) is 3. The van der Waals surface area contributed by atoms with Gasteiger partial charge in [-0.1, -0.05) is 6.07 Å². The van der Waals surface area contributed by atoms with Gasteiger partial charge in [0.2, 0.25) is 5.91 Å². The minimum Gasteiger partial charge on any atom is -0.294 e. The summed E-state index contributed by atoms with van der Waals surface area (Å²) in [6.45, 7) is 2.10. The second kappa shape index (κ2) is 5.27. The van der Waals surface area contributed by atoms with Gasteiger partial charge in [0.05, 0.1) is 0 Å². The van der Waals surface area contributed by atoms with Gasteiger partial charge in [-0.05, 0) is 44.2 Å². The van der Waals surface area contributed by atoms with Crippen LogP contribution in [-0.4, -0.2) is 10.9 Å². The van der Waals surface area contributed by atoms with Crippen molar-refractivity contribution in [3.63, 3.8) is 0 Å². The monoisotopic (exact) mass is 233 g/mol. The molecule has 0 aromatic carbocycles. The van der Waals surface area contributed by atoms with Crippen molar-refractivity contribution >= 4 is 5.91 Å². The van der Waals surface area contributed by atoms with E-state index in [0.717, 1.165) is 25.7 Å². The molecule has 0 unspecified atom stereocenters. The molecular formula is C13H19N3O. The molecule has 1 aromatic heterocycles. The van der Waals surface area contributed by atoms with Crippen LogP contribution in [-0.2, 0) is 4.79 Å². The molecule has 1 aromatic rings. The average Bonchev–Trinajstić information content (AvgIpc) is 2.39. The number of carbonyl (C=O) groups excluding carboxylic acids is 1. The number of nitrogens with one attached hydrogen (secondary N) is 1. The molecule has 1 saturated carbocycles. The number of hydrazine groups is 1. The van der Waals surface area contributed by atoms with Gasteiger partial charge in [-0.2, -0.15) is 0 Å². The minimum atomic E-state index is -0.0267. The van der Waals surface area contributed by atoms with Crippen LogP contribution in [0.4, 0.5) is 0 Å². The van der Waals surface area contributed by atoms with Crippen molar-refractivity contribution in [1.82, 2.24) is 10.4 Å². The third kappa shape index (κ3) is 2.64. The standard InChI is InChI=1S/C13H19N3O/c1-9-3-2-8-15-12(9)10-4-6-11(7-5-10)13(17)16-14/h2-3,8,10-11H,4-7,14H2,1H3,(H,16,17)/t10-,11-. The van der Waals surface area contributed by atoms with Gasteiger partial charge < -0.3 is 0 Å². The average molecular weight is 233 g/mol. The highest BCUT2D eigenvalue weighted by Gasteiger charge is 2.27. The first kappa shape index (κ1) is 12.0. The van der Waals surface area contributed by atoms with Gasteiger partial charge in [0.15, 0.2) is 0 Å². The fourth-order valence-corrected chi connectivity index (χ4v) is 2.67. The van der Waals surface area contributed by atoms with Crippen LogP contribution in [0.5, 0.6) is 0 Å². The summed E-state index contributed by atoms with van der Waals surface area (Å²) in [5, 5.41) is 0. The van der Waals surface area contributed by atoms with Crippen LogP contribution in [0.1, 0.15) is 42.9 Å². The number of aromatic nitrogens is 1. The van der Waals surface area contributed by atoms with Gasteiger partial charge in [0, 0.05) is 23.7 Å². The molecule has 0 bridgehead atoms. The van der Waals surface area contributed by atoms with Crippen molar-refractivity contribution < 1.29 is 4.79 Å².